The molecule has 4 aliphatic carbocycles. The van der Waals surface area contributed by atoms with Crippen LogP contribution in [-0.2, 0) is 19.1 Å². The van der Waals surface area contributed by atoms with Crippen LogP contribution in [-0.4, -0.2) is 35.6 Å². The fourth-order valence-electron chi connectivity index (χ4n) is 6.03. The number of carbonyl (C=O) groups is 3. The van der Waals surface area contributed by atoms with Gasteiger partial charge in [-0.25, -0.2) is 0 Å². The predicted molar refractivity (Wildman–Crippen MR) is 104 cm³/mol. The van der Waals surface area contributed by atoms with Gasteiger partial charge in [0.05, 0.1) is 0 Å². The van der Waals surface area contributed by atoms with Crippen LogP contribution in [0.15, 0.2) is 10.6 Å². The van der Waals surface area contributed by atoms with Crippen LogP contribution in [0.4, 0.5) is 5.82 Å². The Morgan fingerprint density at radius 2 is 1.83 bits per heavy atom. The maximum absolute atomic E-state index is 12.5. The number of aromatic nitrogens is 1. The lowest BCUT2D eigenvalue weighted by molar-refractivity contribution is -0.153. The standard InChI is InChI=1S/C21H29N3O5/c1-12-3-17(24-29-12)23-20(27)13(2)28-19(26)11-22-18(25)10-21-7-14-4-15(8-21)6-16(5-14)9-21/h3,13-16H,4-11H2,1-2H3,(H,22,25)(H,23,24,27). The quantitative estimate of drug-likeness (QED) is 0.677. The second-order valence-corrected chi connectivity index (χ2v) is 9.32. The summed E-state index contributed by atoms with van der Waals surface area (Å²) in [6.45, 7) is 2.95. The molecule has 0 radical (unpaired) electrons. The zero-order valence-electron chi connectivity index (χ0n) is 17.0. The molecule has 2 N–H and O–H groups in total. The van der Waals surface area contributed by atoms with Gasteiger partial charge in [0, 0.05) is 12.5 Å². The summed E-state index contributed by atoms with van der Waals surface area (Å²) in [5, 5.41) is 8.85. The maximum atomic E-state index is 12.5. The number of hydrogen-bond donors (Lipinski definition) is 2. The second-order valence-electron chi connectivity index (χ2n) is 9.32. The summed E-state index contributed by atoms with van der Waals surface area (Å²) in [6, 6.07) is 1.57. The van der Waals surface area contributed by atoms with E-state index in [1.807, 2.05) is 0 Å². The molecule has 1 unspecified atom stereocenters. The molecule has 1 aromatic rings. The summed E-state index contributed by atoms with van der Waals surface area (Å²) >= 11 is 0. The summed E-state index contributed by atoms with van der Waals surface area (Å²) in [7, 11) is 0. The van der Waals surface area contributed by atoms with Crippen molar-refractivity contribution in [1.82, 2.24) is 10.5 Å². The van der Waals surface area contributed by atoms with Gasteiger partial charge in [-0.1, -0.05) is 5.16 Å². The third-order valence-corrected chi connectivity index (χ3v) is 6.69. The first-order chi connectivity index (χ1) is 13.8. The minimum absolute atomic E-state index is 0.0981. The van der Waals surface area contributed by atoms with Gasteiger partial charge in [-0.3, -0.25) is 14.4 Å². The molecule has 0 aliphatic heterocycles. The molecule has 5 rings (SSSR count). The van der Waals surface area contributed by atoms with E-state index in [0.717, 1.165) is 37.0 Å². The van der Waals surface area contributed by atoms with E-state index in [0.29, 0.717) is 12.2 Å². The Labute approximate surface area is 170 Å². The molecule has 8 nitrogen and oxygen atoms in total. The van der Waals surface area contributed by atoms with Crippen molar-refractivity contribution in [1.29, 1.82) is 0 Å². The van der Waals surface area contributed by atoms with E-state index in [9.17, 15) is 14.4 Å². The highest BCUT2D eigenvalue weighted by molar-refractivity contribution is 5.94. The average molecular weight is 403 g/mol. The minimum Gasteiger partial charge on any atom is -0.451 e. The Bertz CT molecular complexity index is 767. The van der Waals surface area contributed by atoms with Gasteiger partial charge in [0.2, 0.25) is 5.91 Å². The molecule has 4 bridgehead atoms. The molecule has 29 heavy (non-hydrogen) atoms. The Hall–Kier alpha value is -2.38. The number of aryl methyl sites for hydroxylation is 1. The number of rotatable bonds is 7. The molecule has 4 aliphatic rings. The Balaban J connectivity index is 1.20. The van der Waals surface area contributed by atoms with Gasteiger partial charge in [-0.05, 0) is 75.5 Å². The van der Waals surface area contributed by atoms with Crippen LogP contribution in [0.1, 0.15) is 57.6 Å². The van der Waals surface area contributed by atoms with Crippen molar-refractivity contribution in [3.8, 4) is 0 Å². The molecular formula is C21H29N3O5. The molecular weight excluding hydrogens is 374 g/mol. The SMILES string of the molecule is Cc1cc(NC(=O)C(C)OC(=O)CNC(=O)CC23CC4CC(CC(C4)C2)C3)no1. The zero-order valence-corrected chi connectivity index (χ0v) is 17.0. The Kier molecular flexibility index (Phi) is 5.36. The molecule has 1 atom stereocenters. The Morgan fingerprint density at radius 1 is 1.21 bits per heavy atom. The summed E-state index contributed by atoms with van der Waals surface area (Å²) in [5.74, 6) is 1.94. The first kappa shape index (κ1) is 19.9. The third kappa shape index (κ3) is 4.62. The summed E-state index contributed by atoms with van der Waals surface area (Å²) in [6.07, 6.45) is 6.94. The lowest BCUT2D eigenvalue weighted by Gasteiger charge is -2.56. The van der Waals surface area contributed by atoms with E-state index in [1.165, 1.54) is 26.2 Å². The number of nitrogens with one attached hydrogen (secondary N) is 2. The van der Waals surface area contributed by atoms with Crippen LogP contribution in [0.2, 0.25) is 0 Å². The van der Waals surface area contributed by atoms with E-state index in [-0.39, 0.29) is 23.7 Å². The smallest absolute Gasteiger partial charge is 0.326 e. The van der Waals surface area contributed by atoms with Crippen molar-refractivity contribution in [3.05, 3.63) is 11.8 Å². The number of amides is 2. The van der Waals surface area contributed by atoms with E-state index in [1.54, 1.807) is 13.0 Å². The number of nitrogens with zero attached hydrogens (tertiary/aromatic N) is 1. The number of carbonyl (C=O) groups excluding carboxylic acids is 3. The highest BCUT2D eigenvalue weighted by atomic mass is 16.5. The lowest BCUT2D eigenvalue weighted by Crippen LogP contribution is -2.48. The molecule has 158 valence electrons. The van der Waals surface area contributed by atoms with Crippen LogP contribution in [0, 0.1) is 30.1 Å². The van der Waals surface area contributed by atoms with E-state index in [4.69, 9.17) is 9.26 Å². The number of anilines is 1. The average Bonchev–Trinajstić information content (AvgIpc) is 3.03. The number of hydrogen-bond acceptors (Lipinski definition) is 6. The largest absolute Gasteiger partial charge is 0.451 e. The van der Waals surface area contributed by atoms with Crippen molar-refractivity contribution >= 4 is 23.6 Å². The fraction of sp³-hybridized carbons (Fsp3) is 0.714. The van der Waals surface area contributed by atoms with Crippen LogP contribution in [0.25, 0.3) is 0 Å². The molecule has 4 saturated carbocycles. The Morgan fingerprint density at radius 3 is 2.38 bits per heavy atom. The molecule has 8 heteroatoms. The highest BCUT2D eigenvalue weighted by Gasteiger charge is 2.51. The van der Waals surface area contributed by atoms with Crippen LogP contribution >= 0.6 is 0 Å². The van der Waals surface area contributed by atoms with Gasteiger partial charge in [-0.15, -0.1) is 0 Å². The van der Waals surface area contributed by atoms with Gasteiger partial charge in [-0.2, -0.15) is 0 Å². The minimum atomic E-state index is -1.00. The van der Waals surface area contributed by atoms with Crippen molar-refractivity contribution in [2.45, 2.75) is 64.9 Å². The monoisotopic (exact) mass is 403 g/mol. The lowest BCUT2D eigenvalue weighted by atomic mass is 9.49. The summed E-state index contributed by atoms with van der Waals surface area (Å²) < 4.78 is 9.98. The molecule has 0 aromatic carbocycles. The second kappa shape index (κ2) is 7.80. The van der Waals surface area contributed by atoms with Crippen molar-refractivity contribution in [2.24, 2.45) is 23.2 Å². The first-order valence-corrected chi connectivity index (χ1v) is 10.5. The number of esters is 1. The van der Waals surface area contributed by atoms with Gasteiger partial charge in [0.25, 0.3) is 5.91 Å². The van der Waals surface area contributed by atoms with Gasteiger partial charge in [0.15, 0.2) is 11.9 Å². The van der Waals surface area contributed by atoms with Crippen molar-refractivity contribution in [3.63, 3.8) is 0 Å². The van der Waals surface area contributed by atoms with Crippen molar-refractivity contribution < 1.29 is 23.6 Å². The van der Waals surface area contributed by atoms with Gasteiger partial charge < -0.3 is 19.9 Å². The molecule has 0 spiro atoms. The van der Waals surface area contributed by atoms with Crippen molar-refractivity contribution in [2.75, 3.05) is 11.9 Å². The van der Waals surface area contributed by atoms with Crippen LogP contribution < -0.4 is 10.6 Å². The zero-order chi connectivity index (χ0) is 20.6. The van der Waals surface area contributed by atoms with Gasteiger partial charge in [0.1, 0.15) is 12.3 Å². The topological polar surface area (TPSA) is 111 Å². The molecule has 2 amide bonds. The number of ether oxygens (including phenoxy) is 1. The van der Waals surface area contributed by atoms with E-state index in [2.05, 4.69) is 15.8 Å². The molecule has 0 saturated heterocycles. The van der Waals surface area contributed by atoms with Crippen LogP contribution in [0.3, 0.4) is 0 Å². The van der Waals surface area contributed by atoms with Gasteiger partial charge >= 0.3 is 5.97 Å². The fourth-order valence-corrected chi connectivity index (χ4v) is 6.03. The molecule has 1 aromatic heterocycles. The van der Waals surface area contributed by atoms with Crippen LogP contribution in [0.5, 0.6) is 0 Å². The third-order valence-electron chi connectivity index (χ3n) is 6.69. The highest BCUT2D eigenvalue weighted by Crippen LogP contribution is 2.61. The predicted octanol–water partition coefficient (Wildman–Crippen LogP) is 2.58. The summed E-state index contributed by atoms with van der Waals surface area (Å²) in [4.78, 5) is 36.6. The summed E-state index contributed by atoms with van der Waals surface area (Å²) in [5.41, 5.74) is 0.131. The molecule has 1 heterocycles. The first-order valence-electron chi connectivity index (χ1n) is 10.5. The molecule has 4 fully saturated rings. The van der Waals surface area contributed by atoms with E-state index < -0.39 is 18.0 Å². The van der Waals surface area contributed by atoms with E-state index >= 15 is 0 Å². The maximum Gasteiger partial charge on any atom is 0.326 e. The normalized spacial score (nSPS) is 30.6.